The van der Waals surface area contributed by atoms with Crippen LogP contribution < -0.4 is 15.4 Å². The highest BCUT2D eigenvalue weighted by Gasteiger charge is 2.42. The number of carbonyl (C=O) groups excluding carboxylic acids is 3. The summed E-state index contributed by atoms with van der Waals surface area (Å²) in [6, 6.07) is 10.3. The Morgan fingerprint density at radius 1 is 1.19 bits per heavy atom. The fraction of sp³-hybridized carbons (Fsp3) is 0.190. The van der Waals surface area contributed by atoms with E-state index in [-0.39, 0.29) is 18.7 Å². The minimum Gasteiger partial charge on any atom is -0.495 e. The molecule has 0 spiro atoms. The van der Waals surface area contributed by atoms with Gasteiger partial charge in [0.05, 0.1) is 30.1 Å². The summed E-state index contributed by atoms with van der Waals surface area (Å²) >= 11 is 11.9. The molecule has 4 rings (SSSR count). The van der Waals surface area contributed by atoms with Crippen molar-refractivity contribution in [3.05, 3.63) is 69.3 Å². The quantitative estimate of drug-likeness (QED) is 0.663. The van der Waals surface area contributed by atoms with Crippen molar-refractivity contribution in [2.45, 2.75) is 6.04 Å². The summed E-state index contributed by atoms with van der Waals surface area (Å²) < 4.78 is 10.4. The highest BCUT2D eigenvalue weighted by Crippen LogP contribution is 2.35. The van der Waals surface area contributed by atoms with Crippen molar-refractivity contribution in [2.75, 3.05) is 25.6 Å². The molecule has 31 heavy (non-hydrogen) atoms. The number of halogens is 2. The fourth-order valence-corrected chi connectivity index (χ4v) is 3.79. The van der Waals surface area contributed by atoms with Crippen molar-refractivity contribution < 1.29 is 23.9 Å². The number of amides is 3. The maximum Gasteiger partial charge on any atom is 0.338 e. The number of methoxy groups -OCH3 is 1. The Morgan fingerprint density at radius 3 is 2.61 bits per heavy atom. The SMILES string of the molecule is COc1ccc(Cl)cc1NC(=O)CN1C(=O)N[C@@H](c2ccc(Cl)cc2)C2=C1COC2=O. The Kier molecular flexibility index (Phi) is 5.75. The van der Waals surface area contributed by atoms with Gasteiger partial charge in [0.15, 0.2) is 0 Å². The van der Waals surface area contributed by atoms with Gasteiger partial charge >= 0.3 is 12.0 Å². The van der Waals surface area contributed by atoms with Crippen molar-refractivity contribution in [3.8, 4) is 5.75 Å². The summed E-state index contributed by atoms with van der Waals surface area (Å²) in [7, 11) is 1.46. The third-order valence-electron chi connectivity index (χ3n) is 4.94. The molecule has 2 aliphatic rings. The molecule has 10 heteroatoms. The number of nitrogens with one attached hydrogen (secondary N) is 2. The monoisotopic (exact) mass is 461 g/mol. The lowest BCUT2D eigenvalue weighted by Crippen LogP contribution is -2.49. The summed E-state index contributed by atoms with van der Waals surface area (Å²) in [6.45, 7) is -0.427. The highest BCUT2D eigenvalue weighted by molar-refractivity contribution is 6.31. The molecule has 0 fully saturated rings. The lowest BCUT2D eigenvalue weighted by Gasteiger charge is -2.32. The number of hydrogen-bond acceptors (Lipinski definition) is 5. The molecule has 2 N–H and O–H groups in total. The van der Waals surface area contributed by atoms with Crippen LogP contribution in [0.3, 0.4) is 0 Å². The predicted molar refractivity (Wildman–Crippen MR) is 114 cm³/mol. The van der Waals surface area contributed by atoms with E-state index in [0.717, 1.165) is 0 Å². The number of benzene rings is 2. The number of anilines is 1. The van der Waals surface area contributed by atoms with Crippen LogP contribution >= 0.6 is 23.2 Å². The van der Waals surface area contributed by atoms with Gasteiger partial charge in [0.1, 0.15) is 18.9 Å². The van der Waals surface area contributed by atoms with Crippen molar-refractivity contribution in [1.29, 1.82) is 0 Å². The molecule has 0 unspecified atom stereocenters. The zero-order chi connectivity index (χ0) is 22.1. The average molecular weight is 462 g/mol. The lowest BCUT2D eigenvalue weighted by atomic mass is 9.96. The van der Waals surface area contributed by atoms with E-state index in [0.29, 0.717) is 32.7 Å². The molecular weight excluding hydrogens is 445 g/mol. The Balaban J connectivity index is 1.59. The molecular formula is C21H17Cl2N3O5. The summed E-state index contributed by atoms with van der Waals surface area (Å²) in [4.78, 5) is 39.1. The molecule has 3 amide bonds. The maximum absolute atomic E-state index is 12.8. The third kappa shape index (κ3) is 4.17. The Labute approximate surface area is 187 Å². The van der Waals surface area contributed by atoms with Crippen molar-refractivity contribution in [2.24, 2.45) is 0 Å². The molecule has 1 atom stereocenters. The predicted octanol–water partition coefficient (Wildman–Crippen LogP) is 3.52. The molecule has 0 radical (unpaired) electrons. The number of cyclic esters (lactones) is 1. The first-order valence-electron chi connectivity index (χ1n) is 9.24. The summed E-state index contributed by atoms with van der Waals surface area (Å²) in [6.07, 6.45) is 0. The number of carbonyl (C=O) groups is 3. The molecule has 2 aliphatic heterocycles. The summed E-state index contributed by atoms with van der Waals surface area (Å²) in [5.74, 6) is -0.619. The first-order chi connectivity index (χ1) is 14.9. The van der Waals surface area contributed by atoms with Gasteiger partial charge in [-0.25, -0.2) is 9.59 Å². The van der Waals surface area contributed by atoms with E-state index >= 15 is 0 Å². The van der Waals surface area contributed by atoms with Crippen LogP contribution in [-0.4, -0.2) is 43.1 Å². The molecule has 0 bridgehead atoms. The largest absolute Gasteiger partial charge is 0.495 e. The van der Waals surface area contributed by atoms with Crippen LogP contribution in [0.2, 0.25) is 10.0 Å². The van der Waals surface area contributed by atoms with Crippen LogP contribution in [0.15, 0.2) is 53.7 Å². The van der Waals surface area contributed by atoms with E-state index < -0.39 is 23.9 Å². The molecule has 0 saturated carbocycles. The smallest absolute Gasteiger partial charge is 0.338 e. The van der Waals surface area contributed by atoms with Crippen LogP contribution in [0.4, 0.5) is 10.5 Å². The molecule has 2 aromatic carbocycles. The van der Waals surface area contributed by atoms with Crippen LogP contribution in [0.25, 0.3) is 0 Å². The van der Waals surface area contributed by atoms with Gasteiger partial charge in [-0.05, 0) is 35.9 Å². The zero-order valence-electron chi connectivity index (χ0n) is 16.3. The molecule has 2 aromatic rings. The van der Waals surface area contributed by atoms with Gasteiger partial charge < -0.3 is 20.1 Å². The second-order valence-electron chi connectivity index (χ2n) is 6.85. The minimum atomic E-state index is -0.692. The van der Waals surface area contributed by atoms with Crippen LogP contribution in [-0.2, 0) is 14.3 Å². The number of esters is 1. The molecule has 0 aromatic heterocycles. The molecule has 0 aliphatic carbocycles. The van der Waals surface area contributed by atoms with Crippen LogP contribution in [0, 0.1) is 0 Å². The number of nitrogens with zero attached hydrogens (tertiary/aromatic N) is 1. The topological polar surface area (TPSA) is 97.0 Å². The van der Waals surface area contributed by atoms with Gasteiger partial charge in [0.25, 0.3) is 0 Å². The number of hydrogen-bond donors (Lipinski definition) is 2. The van der Waals surface area contributed by atoms with Gasteiger partial charge in [-0.15, -0.1) is 0 Å². The van der Waals surface area contributed by atoms with E-state index in [4.69, 9.17) is 32.7 Å². The van der Waals surface area contributed by atoms with Gasteiger partial charge in [-0.2, -0.15) is 0 Å². The van der Waals surface area contributed by atoms with E-state index in [1.807, 2.05) is 0 Å². The second-order valence-corrected chi connectivity index (χ2v) is 7.72. The average Bonchev–Trinajstić information content (AvgIpc) is 3.12. The number of urea groups is 1. The third-order valence-corrected chi connectivity index (χ3v) is 5.43. The van der Waals surface area contributed by atoms with Gasteiger partial charge in [-0.1, -0.05) is 35.3 Å². The lowest BCUT2D eigenvalue weighted by molar-refractivity contribution is -0.136. The van der Waals surface area contributed by atoms with E-state index in [1.54, 1.807) is 36.4 Å². The molecule has 160 valence electrons. The Hall–Kier alpha value is -3.23. The summed E-state index contributed by atoms with van der Waals surface area (Å²) in [5.41, 5.74) is 1.68. The fourth-order valence-electron chi connectivity index (χ4n) is 3.49. The molecule has 0 saturated heterocycles. The maximum atomic E-state index is 12.8. The minimum absolute atomic E-state index is 0.0978. The Morgan fingerprint density at radius 2 is 1.90 bits per heavy atom. The number of ether oxygens (including phenoxy) is 2. The van der Waals surface area contributed by atoms with E-state index in [9.17, 15) is 14.4 Å². The van der Waals surface area contributed by atoms with Gasteiger partial charge in [0.2, 0.25) is 5.91 Å². The van der Waals surface area contributed by atoms with Crippen molar-refractivity contribution >= 4 is 46.8 Å². The second kappa shape index (κ2) is 8.49. The van der Waals surface area contributed by atoms with Crippen LogP contribution in [0.5, 0.6) is 5.75 Å². The van der Waals surface area contributed by atoms with Gasteiger partial charge in [0, 0.05) is 10.0 Å². The first kappa shape index (κ1) is 21.0. The normalized spacial score (nSPS) is 17.8. The molecule has 8 nitrogen and oxygen atoms in total. The number of rotatable bonds is 5. The molecule has 2 heterocycles. The van der Waals surface area contributed by atoms with Crippen molar-refractivity contribution in [1.82, 2.24) is 10.2 Å². The van der Waals surface area contributed by atoms with E-state index in [1.165, 1.54) is 18.1 Å². The Bertz CT molecular complexity index is 1100. The zero-order valence-corrected chi connectivity index (χ0v) is 17.8. The first-order valence-corrected chi connectivity index (χ1v) is 10.00. The van der Waals surface area contributed by atoms with E-state index in [2.05, 4.69) is 10.6 Å². The van der Waals surface area contributed by atoms with Gasteiger partial charge in [-0.3, -0.25) is 9.69 Å². The highest BCUT2D eigenvalue weighted by atomic mass is 35.5. The van der Waals surface area contributed by atoms with Crippen molar-refractivity contribution in [3.63, 3.8) is 0 Å². The van der Waals surface area contributed by atoms with Crippen LogP contribution in [0.1, 0.15) is 11.6 Å². The standard InChI is InChI=1S/C21H17Cl2N3O5/c1-30-16-7-6-13(23)8-14(16)24-17(27)9-26-15-10-31-20(28)18(15)19(25-21(26)29)11-2-4-12(22)5-3-11/h2-8,19H,9-10H2,1H3,(H,24,27)(H,25,29)/t19-/m0/s1. The summed E-state index contributed by atoms with van der Waals surface area (Å²) in [5, 5.41) is 6.39.